The summed E-state index contributed by atoms with van der Waals surface area (Å²) >= 11 is 0. The van der Waals surface area contributed by atoms with E-state index in [0.717, 1.165) is 0 Å². The Morgan fingerprint density at radius 2 is 2.19 bits per heavy atom. The molecule has 0 saturated carbocycles. The van der Waals surface area contributed by atoms with E-state index >= 15 is 0 Å². The fraction of sp³-hybridized carbons (Fsp3) is 0.417. The van der Waals surface area contributed by atoms with Gasteiger partial charge >= 0.3 is 5.97 Å². The number of esters is 1. The molecule has 88 valence electrons. The van der Waals surface area contributed by atoms with Gasteiger partial charge in [-0.1, -0.05) is 6.07 Å². The predicted octanol–water partition coefficient (Wildman–Crippen LogP) is 2.22. The Morgan fingerprint density at radius 3 is 2.75 bits per heavy atom. The monoisotopic (exact) mass is 225 g/mol. The molecule has 0 saturated heterocycles. The zero-order chi connectivity index (χ0) is 12.0. The normalized spacial score (nSPS) is 9.94. The second-order valence-electron chi connectivity index (χ2n) is 3.30. The maximum Gasteiger partial charge on any atom is 0.325 e. The van der Waals surface area contributed by atoms with Crippen molar-refractivity contribution in [3.05, 3.63) is 30.1 Å². The minimum absolute atomic E-state index is 0.147. The van der Waals surface area contributed by atoms with Crippen molar-refractivity contribution in [2.45, 2.75) is 13.8 Å². The van der Waals surface area contributed by atoms with Crippen LogP contribution in [-0.4, -0.2) is 25.7 Å². The van der Waals surface area contributed by atoms with Gasteiger partial charge in [0.05, 0.1) is 6.61 Å². The molecular formula is C12H16FNO2. The van der Waals surface area contributed by atoms with E-state index in [9.17, 15) is 9.18 Å². The van der Waals surface area contributed by atoms with Crippen LogP contribution in [0, 0.1) is 5.82 Å². The van der Waals surface area contributed by atoms with Gasteiger partial charge in [-0.05, 0) is 32.0 Å². The van der Waals surface area contributed by atoms with Crippen LogP contribution >= 0.6 is 0 Å². The highest BCUT2D eigenvalue weighted by molar-refractivity contribution is 5.75. The molecular weight excluding hydrogens is 209 g/mol. The third-order valence-electron chi connectivity index (χ3n) is 2.18. The average Bonchev–Trinajstić information content (AvgIpc) is 2.26. The summed E-state index contributed by atoms with van der Waals surface area (Å²) in [6, 6.07) is 6.18. The van der Waals surface area contributed by atoms with Gasteiger partial charge in [-0.15, -0.1) is 0 Å². The second-order valence-corrected chi connectivity index (χ2v) is 3.30. The Hall–Kier alpha value is -1.58. The zero-order valence-electron chi connectivity index (χ0n) is 9.57. The van der Waals surface area contributed by atoms with Crippen LogP contribution in [0.3, 0.4) is 0 Å². The summed E-state index contributed by atoms with van der Waals surface area (Å²) in [6.07, 6.45) is 0. The van der Waals surface area contributed by atoms with Crippen LogP contribution in [0.4, 0.5) is 10.1 Å². The number of hydrogen-bond acceptors (Lipinski definition) is 3. The van der Waals surface area contributed by atoms with Crippen molar-refractivity contribution in [1.29, 1.82) is 0 Å². The second kappa shape index (κ2) is 6.10. The van der Waals surface area contributed by atoms with E-state index in [1.807, 2.05) is 6.92 Å². The molecule has 0 amide bonds. The first-order valence-corrected chi connectivity index (χ1v) is 5.33. The van der Waals surface area contributed by atoms with Gasteiger partial charge in [-0.2, -0.15) is 0 Å². The third-order valence-corrected chi connectivity index (χ3v) is 2.18. The molecule has 3 nitrogen and oxygen atoms in total. The highest BCUT2D eigenvalue weighted by Gasteiger charge is 2.10. The van der Waals surface area contributed by atoms with Crippen molar-refractivity contribution in [1.82, 2.24) is 0 Å². The van der Waals surface area contributed by atoms with Gasteiger partial charge in [0.1, 0.15) is 12.4 Å². The van der Waals surface area contributed by atoms with E-state index < -0.39 is 0 Å². The maximum absolute atomic E-state index is 13.0. The van der Waals surface area contributed by atoms with Crippen molar-refractivity contribution in [2.24, 2.45) is 0 Å². The third kappa shape index (κ3) is 3.53. The van der Waals surface area contributed by atoms with Gasteiger partial charge in [-0.3, -0.25) is 4.79 Å². The van der Waals surface area contributed by atoms with Crippen LogP contribution in [-0.2, 0) is 9.53 Å². The van der Waals surface area contributed by atoms with Crippen LogP contribution in [0.25, 0.3) is 0 Å². The number of carbonyl (C=O) groups is 1. The Morgan fingerprint density at radius 1 is 1.44 bits per heavy atom. The van der Waals surface area contributed by atoms with E-state index in [1.165, 1.54) is 12.1 Å². The fourth-order valence-corrected chi connectivity index (χ4v) is 1.42. The van der Waals surface area contributed by atoms with Gasteiger partial charge in [0.15, 0.2) is 0 Å². The lowest BCUT2D eigenvalue weighted by Gasteiger charge is -2.21. The van der Waals surface area contributed by atoms with Crippen LogP contribution in [0.1, 0.15) is 13.8 Å². The minimum Gasteiger partial charge on any atom is -0.465 e. The number of ether oxygens (including phenoxy) is 1. The molecule has 0 heterocycles. The van der Waals surface area contributed by atoms with Crippen molar-refractivity contribution < 1.29 is 13.9 Å². The number of nitrogens with zero attached hydrogens (tertiary/aromatic N) is 1. The summed E-state index contributed by atoms with van der Waals surface area (Å²) in [5.74, 6) is -0.603. The van der Waals surface area contributed by atoms with Crippen LogP contribution < -0.4 is 4.90 Å². The zero-order valence-corrected chi connectivity index (χ0v) is 9.57. The van der Waals surface area contributed by atoms with Gasteiger partial charge in [0.2, 0.25) is 0 Å². The molecule has 16 heavy (non-hydrogen) atoms. The molecule has 0 spiro atoms. The minimum atomic E-state index is -0.306. The van der Waals surface area contributed by atoms with Crippen LogP contribution in [0.15, 0.2) is 24.3 Å². The predicted molar refractivity (Wildman–Crippen MR) is 60.9 cm³/mol. The largest absolute Gasteiger partial charge is 0.465 e. The van der Waals surface area contributed by atoms with Crippen molar-refractivity contribution in [3.63, 3.8) is 0 Å². The molecule has 0 aliphatic rings. The lowest BCUT2D eigenvalue weighted by molar-refractivity contribution is -0.141. The molecule has 0 aliphatic carbocycles. The van der Waals surface area contributed by atoms with Crippen molar-refractivity contribution in [3.8, 4) is 0 Å². The molecule has 0 fully saturated rings. The number of rotatable bonds is 5. The lowest BCUT2D eigenvalue weighted by atomic mass is 10.3. The Labute approximate surface area is 94.8 Å². The van der Waals surface area contributed by atoms with E-state index in [-0.39, 0.29) is 18.3 Å². The topological polar surface area (TPSA) is 29.5 Å². The highest BCUT2D eigenvalue weighted by Crippen LogP contribution is 2.14. The first-order valence-electron chi connectivity index (χ1n) is 5.33. The Kier molecular flexibility index (Phi) is 4.76. The molecule has 0 aliphatic heterocycles. The summed E-state index contributed by atoms with van der Waals surface area (Å²) in [5, 5.41) is 0. The van der Waals surface area contributed by atoms with Gasteiger partial charge in [-0.25, -0.2) is 4.39 Å². The number of carbonyl (C=O) groups excluding carboxylic acids is 1. The molecule has 0 radical (unpaired) electrons. The Bertz CT molecular complexity index is 355. The maximum atomic E-state index is 13.0. The van der Waals surface area contributed by atoms with Gasteiger partial charge in [0, 0.05) is 12.2 Å². The number of benzene rings is 1. The first kappa shape index (κ1) is 12.5. The summed E-state index contributed by atoms with van der Waals surface area (Å²) < 4.78 is 17.9. The summed E-state index contributed by atoms with van der Waals surface area (Å²) in [5.41, 5.74) is 0.690. The fourth-order valence-electron chi connectivity index (χ4n) is 1.42. The smallest absolute Gasteiger partial charge is 0.325 e. The number of halogens is 1. The highest BCUT2D eigenvalue weighted by atomic mass is 19.1. The quantitative estimate of drug-likeness (QED) is 0.719. The number of likely N-dealkylation sites (N-methyl/N-ethyl adjacent to an activating group) is 1. The molecule has 0 N–H and O–H groups in total. The standard InChI is InChI=1S/C12H16FNO2/c1-3-14(9-12(15)16-4-2)11-7-5-6-10(13)8-11/h5-8H,3-4,9H2,1-2H3. The van der Waals surface area contributed by atoms with Gasteiger partial charge < -0.3 is 9.64 Å². The molecule has 1 rings (SSSR count). The molecule has 1 aromatic rings. The molecule has 0 bridgehead atoms. The summed E-state index contributed by atoms with van der Waals surface area (Å²) in [4.78, 5) is 13.1. The molecule has 0 atom stereocenters. The van der Waals surface area contributed by atoms with E-state index in [4.69, 9.17) is 4.74 Å². The first-order chi connectivity index (χ1) is 7.67. The average molecular weight is 225 g/mol. The Balaban J connectivity index is 2.70. The SMILES string of the molecule is CCOC(=O)CN(CC)c1cccc(F)c1. The van der Waals surface area contributed by atoms with Crippen LogP contribution in [0.5, 0.6) is 0 Å². The van der Waals surface area contributed by atoms with Crippen LogP contribution in [0.2, 0.25) is 0 Å². The van der Waals surface area contributed by atoms with E-state index in [0.29, 0.717) is 18.8 Å². The lowest BCUT2D eigenvalue weighted by Crippen LogP contribution is -2.30. The molecule has 1 aromatic carbocycles. The summed E-state index contributed by atoms with van der Waals surface area (Å²) in [6.45, 7) is 4.80. The number of hydrogen-bond donors (Lipinski definition) is 0. The van der Waals surface area contributed by atoms with Crippen molar-refractivity contribution in [2.75, 3.05) is 24.6 Å². The van der Waals surface area contributed by atoms with E-state index in [1.54, 1.807) is 24.0 Å². The molecule has 4 heteroatoms. The van der Waals surface area contributed by atoms with Gasteiger partial charge in [0.25, 0.3) is 0 Å². The number of anilines is 1. The van der Waals surface area contributed by atoms with E-state index in [2.05, 4.69) is 0 Å². The van der Waals surface area contributed by atoms with Crippen molar-refractivity contribution >= 4 is 11.7 Å². The molecule has 0 aromatic heterocycles. The molecule has 0 unspecified atom stereocenters. The summed E-state index contributed by atoms with van der Waals surface area (Å²) in [7, 11) is 0.